The van der Waals surface area contributed by atoms with Crippen molar-refractivity contribution < 1.29 is 23.1 Å². The minimum absolute atomic E-state index is 0.103. The van der Waals surface area contributed by atoms with Crippen LogP contribution in [0.3, 0.4) is 0 Å². The van der Waals surface area contributed by atoms with Gasteiger partial charge >= 0.3 is 0 Å². The summed E-state index contributed by atoms with van der Waals surface area (Å²) in [5.74, 6) is -1.36. The number of pyridine rings is 1. The van der Waals surface area contributed by atoms with Crippen LogP contribution in [0.15, 0.2) is 66.3 Å². The van der Waals surface area contributed by atoms with E-state index >= 15 is 0 Å². The summed E-state index contributed by atoms with van der Waals surface area (Å²) in [6.45, 7) is 7.44. The minimum Gasteiger partial charge on any atom is -0.457 e. The molecule has 3 aromatic rings. The topological polar surface area (TPSA) is 95.9 Å². The first-order chi connectivity index (χ1) is 17.6. The van der Waals surface area contributed by atoms with Gasteiger partial charge in [0.1, 0.15) is 34.4 Å². The number of carbonyl (C=O) groups is 2. The molecule has 190 valence electrons. The van der Waals surface area contributed by atoms with Crippen molar-refractivity contribution in [2.45, 2.75) is 12.8 Å². The van der Waals surface area contributed by atoms with Crippen molar-refractivity contribution in [1.82, 2.24) is 4.98 Å². The average molecular weight is 506 g/mol. The molecule has 0 bridgehead atoms. The van der Waals surface area contributed by atoms with Gasteiger partial charge in [0.15, 0.2) is 0 Å². The lowest BCUT2D eigenvalue weighted by molar-refractivity contribution is -0.131. The molecule has 1 aliphatic carbocycles. The van der Waals surface area contributed by atoms with Crippen molar-refractivity contribution in [3.63, 3.8) is 0 Å². The molecule has 10 heteroatoms. The van der Waals surface area contributed by atoms with Gasteiger partial charge in [-0.1, -0.05) is 6.58 Å². The van der Waals surface area contributed by atoms with Gasteiger partial charge < -0.3 is 20.3 Å². The van der Waals surface area contributed by atoms with E-state index in [4.69, 9.17) is 4.74 Å². The second kappa shape index (κ2) is 10.2. The van der Waals surface area contributed by atoms with Crippen LogP contribution >= 0.6 is 0 Å². The highest BCUT2D eigenvalue weighted by molar-refractivity contribution is 6.16. The Morgan fingerprint density at radius 1 is 1.05 bits per heavy atom. The number of aromatic nitrogens is 1. The van der Waals surface area contributed by atoms with E-state index in [9.17, 15) is 18.4 Å². The largest absolute Gasteiger partial charge is 0.457 e. The molecule has 2 N–H and O–H groups in total. The fourth-order valence-corrected chi connectivity index (χ4v) is 3.59. The predicted octanol–water partition coefficient (Wildman–Crippen LogP) is 5.17. The summed E-state index contributed by atoms with van der Waals surface area (Å²) < 4.78 is 33.6. The van der Waals surface area contributed by atoms with Crippen LogP contribution in [-0.4, -0.2) is 37.6 Å². The molecule has 0 spiro atoms. The van der Waals surface area contributed by atoms with Crippen molar-refractivity contribution >= 4 is 47.2 Å². The smallest absolute Gasteiger partial charge is 0.240 e. The Balaban J connectivity index is 1.43. The number of nitrogens with zero attached hydrogens (tertiary/aromatic N) is 3. The van der Waals surface area contributed by atoms with E-state index in [0.29, 0.717) is 35.6 Å². The van der Waals surface area contributed by atoms with Crippen LogP contribution in [0.4, 0.5) is 31.7 Å². The van der Waals surface area contributed by atoms with Gasteiger partial charge in [0.25, 0.3) is 0 Å². The number of carbonyl (C=O) groups excluding carboxylic acids is 2. The maximum Gasteiger partial charge on any atom is 0.240 e. The average Bonchev–Trinajstić information content (AvgIpc) is 3.69. The van der Waals surface area contributed by atoms with Gasteiger partial charge in [-0.15, -0.1) is 0 Å². The highest BCUT2D eigenvalue weighted by atomic mass is 19.1. The second-order valence-corrected chi connectivity index (χ2v) is 8.78. The zero-order chi connectivity index (χ0) is 26.7. The quantitative estimate of drug-likeness (QED) is 0.238. The monoisotopic (exact) mass is 505 g/mol. The number of hydrogen-bond donors (Lipinski definition) is 2. The lowest BCUT2D eigenvalue weighted by atomic mass is 10.0. The summed E-state index contributed by atoms with van der Waals surface area (Å²) in [5, 5.41) is 5.09. The third-order valence-corrected chi connectivity index (χ3v) is 5.95. The van der Waals surface area contributed by atoms with Gasteiger partial charge in [-0.3, -0.25) is 14.6 Å². The van der Waals surface area contributed by atoms with Crippen molar-refractivity contribution in [2.75, 3.05) is 29.6 Å². The van der Waals surface area contributed by atoms with Crippen molar-refractivity contribution in [3.05, 3.63) is 78.5 Å². The third-order valence-electron chi connectivity index (χ3n) is 5.95. The van der Waals surface area contributed by atoms with Crippen LogP contribution in [0.5, 0.6) is 5.75 Å². The normalized spacial score (nSPS) is 13.3. The predicted molar refractivity (Wildman–Crippen MR) is 139 cm³/mol. The SMILES string of the molecule is C=Nc1cc(N(C)C)ncc1C(=C)Oc1ccc(NC(=O)C2(C(=O)Nc3ccc(F)cc3)CC2)c(F)c1. The Morgan fingerprint density at radius 3 is 2.32 bits per heavy atom. The van der Waals surface area contributed by atoms with Crippen LogP contribution in [0.2, 0.25) is 0 Å². The van der Waals surface area contributed by atoms with Gasteiger partial charge in [-0.25, -0.2) is 13.8 Å². The Labute approximate surface area is 212 Å². The van der Waals surface area contributed by atoms with E-state index in [1.54, 1.807) is 12.3 Å². The number of benzene rings is 2. The number of aliphatic imine (C=N–C) groups is 1. The first kappa shape index (κ1) is 25.5. The molecule has 0 atom stereocenters. The van der Waals surface area contributed by atoms with Crippen LogP contribution in [0, 0.1) is 17.0 Å². The highest BCUT2D eigenvalue weighted by Gasteiger charge is 2.56. The number of hydrogen-bond acceptors (Lipinski definition) is 6. The first-order valence-corrected chi connectivity index (χ1v) is 11.3. The van der Waals surface area contributed by atoms with Crippen LogP contribution in [0.25, 0.3) is 5.76 Å². The number of nitrogens with one attached hydrogen (secondary N) is 2. The zero-order valence-electron chi connectivity index (χ0n) is 20.3. The van der Waals surface area contributed by atoms with Crippen LogP contribution in [0.1, 0.15) is 18.4 Å². The summed E-state index contributed by atoms with van der Waals surface area (Å²) in [7, 11) is 3.68. The second-order valence-electron chi connectivity index (χ2n) is 8.78. The van der Waals surface area contributed by atoms with Gasteiger partial charge in [0, 0.05) is 38.1 Å². The molecule has 1 saturated carbocycles. The van der Waals surface area contributed by atoms with E-state index in [-0.39, 0.29) is 17.2 Å². The van der Waals surface area contributed by atoms with Crippen molar-refractivity contribution in [2.24, 2.45) is 10.4 Å². The molecular formula is C27H25F2N5O3. The van der Waals surface area contributed by atoms with E-state index < -0.39 is 28.9 Å². The molecule has 8 nitrogen and oxygen atoms in total. The summed E-state index contributed by atoms with van der Waals surface area (Å²) in [6.07, 6.45) is 2.17. The van der Waals surface area contributed by atoms with Gasteiger partial charge in [0.2, 0.25) is 11.8 Å². The maximum absolute atomic E-state index is 14.8. The van der Waals surface area contributed by atoms with Crippen LogP contribution in [-0.2, 0) is 9.59 Å². The van der Waals surface area contributed by atoms with E-state index in [0.717, 1.165) is 6.07 Å². The molecule has 0 saturated heterocycles. The molecule has 0 unspecified atom stereocenters. The lowest BCUT2D eigenvalue weighted by Crippen LogP contribution is -2.35. The van der Waals surface area contributed by atoms with Gasteiger partial charge in [-0.05, 0) is 56.0 Å². The molecule has 2 aromatic carbocycles. The van der Waals surface area contributed by atoms with Crippen molar-refractivity contribution in [1.29, 1.82) is 0 Å². The van der Waals surface area contributed by atoms with Crippen molar-refractivity contribution in [3.8, 4) is 5.75 Å². The van der Waals surface area contributed by atoms with Crippen LogP contribution < -0.4 is 20.3 Å². The summed E-state index contributed by atoms with van der Waals surface area (Å²) in [6, 6.07) is 10.8. The number of rotatable bonds is 9. The third kappa shape index (κ3) is 5.48. The highest BCUT2D eigenvalue weighted by Crippen LogP contribution is 2.47. The summed E-state index contributed by atoms with van der Waals surface area (Å²) in [5.41, 5.74) is -0.0682. The fraction of sp³-hybridized carbons (Fsp3) is 0.185. The molecule has 1 aliphatic rings. The minimum atomic E-state index is -1.32. The fourth-order valence-electron chi connectivity index (χ4n) is 3.59. The number of amides is 2. The number of halogens is 2. The summed E-state index contributed by atoms with van der Waals surface area (Å²) >= 11 is 0. The molecule has 1 aromatic heterocycles. The Hall–Kier alpha value is -4.60. The van der Waals surface area contributed by atoms with Gasteiger partial charge in [-0.2, -0.15) is 0 Å². The van der Waals surface area contributed by atoms with E-state index in [1.165, 1.54) is 36.4 Å². The molecule has 2 amide bonds. The lowest BCUT2D eigenvalue weighted by Gasteiger charge is -2.17. The molecule has 0 aliphatic heterocycles. The first-order valence-electron chi connectivity index (χ1n) is 11.3. The number of anilines is 3. The molecule has 1 heterocycles. The Bertz CT molecular complexity index is 1390. The van der Waals surface area contributed by atoms with E-state index in [2.05, 4.69) is 33.9 Å². The number of ether oxygens (including phenoxy) is 1. The van der Waals surface area contributed by atoms with Gasteiger partial charge in [0.05, 0.1) is 16.9 Å². The summed E-state index contributed by atoms with van der Waals surface area (Å²) in [4.78, 5) is 35.7. The Morgan fingerprint density at radius 2 is 1.73 bits per heavy atom. The molecule has 4 rings (SSSR count). The molecule has 37 heavy (non-hydrogen) atoms. The molecule has 0 radical (unpaired) electrons. The zero-order valence-corrected chi connectivity index (χ0v) is 20.3. The molecule has 1 fully saturated rings. The Kier molecular flexibility index (Phi) is 7.01. The maximum atomic E-state index is 14.8. The van der Waals surface area contributed by atoms with E-state index in [1.807, 2.05) is 19.0 Å². The molecular weight excluding hydrogens is 480 g/mol. The standard InChI is InChI=1S/C27H25F2N5O3/c1-16(20-15-31-24(34(3)4)14-23(20)30-2)37-19-9-10-22(21(29)13-19)33-26(36)27(11-12-27)25(35)32-18-7-5-17(28)6-8-18/h5-10,13-15H,1-2,11-12H2,3-4H3,(H,32,35)(H,33,36).